The van der Waals surface area contributed by atoms with E-state index < -0.39 is 0 Å². The summed E-state index contributed by atoms with van der Waals surface area (Å²) in [6.45, 7) is 6.30. The molecule has 1 aliphatic rings. The Kier molecular flexibility index (Phi) is 4.25. The molecule has 102 valence electrons. The Labute approximate surface area is 114 Å². The lowest BCUT2D eigenvalue weighted by Gasteiger charge is -2.35. The number of aryl methyl sites for hydroxylation is 1. The SMILES string of the molecule is Cc1nc(N2CCC(N(C)C)CC2)sc1C(C)N. The van der Waals surface area contributed by atoms with Crippen molar-refractivity contribution in [2.45, 2.75) is 38.8 Å². The molecule has 0 aliphatic carbocycles. The molecule has 0 aromatic carbocycles. The first-order chi connectivity index (χ1) is 8.49. The van der Waals surface area contributed by atoms with Gasteiger partial charge in [0.1, 0.15) is 0 Å². The summed E-state index contributed by atoms with van der Waals surface area (Å²) in [5.74, 6) is 0. The molecule has 1 unspecified atom stereocenters. The highest BCUT2D eigenvalue weighted by Gasteiger charge is 2.23. The second-order valence-electron chi connectivity index (χ2n) is 5.42. The minimum absolute atomic E-state index is 0.0931. The van der Waals surface area contributed by atoms with Crippen LogP contribution >= 0.6 is 11.3 Å². The van der Waals surface area contributed by atoms with Gasteiger partial charge >= 0.3 is 0 Å². The van der Waals surface area contributed by atoms with Crippen molar-refractivity contribution >= 4 is 16.5 Å². The molecular formula is C13H24N4S. The van der Waals surface area contributed by atoms with Crippen molar-refractivity contribution < 1.29 is 0 Å². The molecule has 1 atom stereocenters. The van der Waals surface area contributed by atoms with Gasteiger partial charge in [0.25, 0.3) is 0 Å². The molecule has 18 heavy (non-hydrogen) atoms. The van der Waals surface area contributed by atoms with E-state index in [9.17, 15) is 0 Å². The van der Waals surface area contributed by atoms with Gasteiger partial charge in [-0.1, -0.05) is 0 Å². The van der Waals surface area contributed by atoms with Gasteiger partial charge in [-0.05, 0) is 40.8 Å². The molecule has 0 radical (unpaired) electrons. The molecule has 0 amide bonds. The van der Waals surface area contributed by atoms with E-state index in [0.717, 1.165) is 30.0 Å². The second-order valence-corrected chi connectivity index (χ2v) is 6.43. The number of nitrogens with zero attached hydrogens (tertiary/aromatic N) is 3. The van der Waals surface area contributed by atoms with Crippen LogP contribution in [0.4, 0.5) is 5.13 Å². The van der Waals surface area contributed by atoms with Gasteiger partial charge in [0.05, 0.1) is 5.69 Å². The molecule has 2 N–H and O–H groups in total. The van der Waals surface area contributed by atoms with Crippen LogP contribution in [0.15, 0.2) is 0 Å². The number of hydrogen-bond acceptors (Lipinski definition) is 5. The molecule has 4 nitrogen and oxygen atoms in total. The molecular weight excluding hydrogens is 244 g/mol. The summed E-state index contributed by atoms with van der Waals surface area (Å²) in [7, 11) is 4.34. The first-order valence-electron chi connectivity index (χ1n) is 6.63. The Hall–Kier alpha value is -0.650. The van der Waals surface area contributed by atoms with Crippen molar-refractivity contribution in [2.24, 2.45) is 5.73 Å². The average Bonchev–Trinajstić information content (AvgIpc) is 2.71. The van der Waals surface area contributed by atoms with Gasteiger partial charge < -0.3 is 15.5 Å². The molecule has 1 aromatic rings. The maximum Gasteiger partial charge on any atom is 0.185 e. The lowest BCUT2D eigenvalue weighted by Crippen LogP contribution is -2.41. The van der Waals surface area contributed by atoms with Crippen molar-refractivity contribution in [3.63, 3.8) is 0 Å². The second kappa shape index (κ2) is 5.55. The minimum atomic E-state index is 0.0931. The van der Waals surface area contributed by atoms with Gasteiger partial charge in [0.2, 0.25) is 0 Å². The smallest absolute Gasteiger partial charge is 0.185 e. The van der Waals surface area contributed by atoms with Crippen LogP contribution in [0.1, 0.15) is 36.4 Å². The predicted molar refractivity (Wildman–Crippen MR) is 78.4 cm³/mol. The lowest BCUT2D eigenvalue weighted by molar-refractivity contribution is 0.249. The zero-order valence-electron chi connectivity index (χ0n) is 11.8. The van der Waals surface area contributed by atoms with Crippen LogP contribution in [-0.4, -0.2) is 43.1 Å². The Morgan fingerprint density at radius 1 is 1.39 bits per heavy atom. The number of piperidine rings is 1. The summed E-state index contributed by atoms with van der Waals surface area (Å²) in [6, 6.07) is 0.811. The maximum atomic E-state index is 5.96. The first kappa shape index (κ1) is 13.8. The van der Waals surface area contributed by atoms with E-state index >= 15 is 0 Å². The van der Waals surface area contributed by atoms with Crippen LogP contribution in [-0.2, 0) is 0 Å². The van der Waals surface area contributed by atoms with Gasteiger partial charge in [-0.2, -0.15) is 0 Å². The van der Waals surface area contributed by atoms with E-state index in [1.807, 2.05) is 6.92 Å². The molecule has 1 fully saturated rings. The van der Waals surface area contributed by atoms with Crippen LogP contribution in [0.5, 0.6) is 0 Å². The van der Waals surface area contributed by atoms with Crippen LogP contribution in [0.25, 0.3) is 0 Å². The van der Waals surface area contributed by atoms with E-state index in [2.05, 4.69) is 35.8 Å². The predicted octanol–water partition coefficient (Wildman–Crippen LogP) is 2.00. The molecule has 0 saturated carbocycles. The molecule has 2 heterocycles. The molecule has 1 saturated heterocycles. The molecule has 5 heteroatoms. The van der Waals surface area contributed by atoms with Crippen molar-refractivity contribution in [3.05, 3.63) is 10.6 Å². The quantitative estimate of drug-likeness (QED) is 0.911. The summed E-state index contributed by atoms with van der Waals surface area (Å²) in [5.41, 5.74) is 7.06. The molecule has 0 spiro atoms. The van der Waals surface area contributed by atoms with E-state index in [0.29, 0.717) is 0 Å². The fourth-order valence-corrected chi connectivity index (χ4v) is 3.60. The molecule has 0 bridgehead atoms. The lowest BCUT2D eigenvalue weighted by atomic mass is 10.0. The standard InChI is InChI=1S/C13H24N4S/c1-9(14)12-10(2)15-13(18-12)17-7-5-11(6-8-17)16(3)4/h9,11H,5-8,14H2,1-4H3. The molecule has 1 aromatic heterocycles. The van der Waals surface area contributed by atoms with Gasteiger partial charge in [0.15, 0.2) is 5.13 Å². The number of aromatic nitrogens is 1. The summed E-state index contributed by atoms with van der Waals surface area (Å²) >= 11 is 1.76. The van der Waals surface area contributed by atoms with E-state index in [1.165, 1.54) is 17.7 Å². The minimum Gasteiger partial charge on any atom is -0.348 e. The van der Waals surface area contributed by atoms with Crippen molar-refractivity contribution in [3.8, 4) is 0 Å². The molecule has 2 rings (SSSR count). The third kappa shape index (κ3) is 2.84. The van der Waals surface area contributed by atoms with Crippen molar-refractivity contribution in [1.29, 1.82) is 0 Å². The Balaban J connectivity index is 2.03. The Bertz CT molecular complexity index is 392. The summed E-state index contributed by atoms with van der Waals surface area (Å²) in [5, 5.41) is 1.15. The van der Waals surface area contributed by atoms with Gasteiger partial charge in [0, 0.05) is 30.1 Å². The highest BCUT2D eigenvalue weighted by molar-refractivity contribution is 7.15. The third-order valence-electron chi connectivity index (χ3n) is 3.70. The zero-order chi connectivity index (χ0) is 13.3. The number of hydrogen-bond donors (Lipinski definition) is 1. The highest BCUT2D eigenvalue weighted by Crippen LogP contribution is 2.31. The van der Waals surface area contributed by atoms with Crippen molar-refractivity contribution in [1.82, 2.24) is 9.88 Å². The van der Waals surface area contributed by atoms with E-state index in [-0.39, 0.29) is 6.04 Å². The number of anilines is 1. The van der Waals surface area contributed by atoms with Crippen LogP contribution in [0, 0.1) is 6.92 Å². The molecule has 1 aliphatic heterocycles. The Morgan fingerprint density at radius 3 is 2.44 bits per heavy atom. The summed E-state index contributed by atoms with van der Waals surface area (Å²) in [6.07, 6.45) is 2.44. The van der Waals surface area contributed by atoms with E-state index in [4.69, 9.17) is 5.73 Å². The van der Waals surface area contributed by atoms with Crippen molar-refractivity contribution in [2.75, 3.05) is 32.1 Å². The van der Waals surface area contributed by atoms with Crippen LogP contribution in [0.2, 0.25) is 0 Å². The highest BCUT2D eigenvalue weighted by atomic mass is 32.1. The normalized spacial score (nSPS) is 19.6. The topological polar surface area (TPSA) is 45.4 Å². The van der Waals surface area contributed by atoms with E-state index in [1.54, 1.807) is 11.3 Å². The summed E-state index contributed by atoms with van der Waals surface area (Å²) in [4.78, 5) is 10.6. The number of nitrogens with two attached hydrogens (primary N) is 1. The van der Waals surface area contributed by atoms with Crippen LogP contribution < -0.4 is 10.6 Å². The number of rotatable bonds is 3. The average molecular weight is 268 g/mol. The fraction of sp³-hybridized carbons (Fsp3) is 0.769. The monoisotopic (exact) mass is 268 g/mol. The van der Waals surface area contributed by atoms with Gasteiger partial charge in [-0.25, -0.2) is 4.98 Å². The fourth-order valence-electron chi connectivity index (χ4n) is 2.52. The zero-order valence-corrected chi connectivity index (χ0v) is 12.6. The first-order valence-corrected chi connectivity index (χ1v) is 7.45. The van der Waals surface area contributed by atoms with Gasteiger partial charge in [-0.15, -0.1) is 11.3 Å². The Morgan fingerprint density at radius 2 is 2.00 bits per heavy atom. The largest absolute Gasteiger partial charge is 0.348 e. The van der Waals surface area contributed by atoms with Gasteiger partial charge in [-0.3, -0.25) is 0 Å². The number of thiazole rings is 1. The summed E-state index contributed by atoms with van der Waals surface area (Å²) < 4.78 is 0. The third-order valence-corrected chi connectivity index (χ3v) is 5.12. The maximum absolute atomic E-state index is 5.96. The van der Waals surface area contributed by atoms with Crippen LogP contribution in [0.3, 0.4) is 0 Å².